The van der Waals surface area contributed by atoms with Gasteiger partial charge in [-0.3, -0.25) is 9.59 Å². The van der Waals surface area contributed by atoms with E-state index in [1.165, 1.54) is 20.1 Å². The van der Waals surface area contributed by atoms with Crippen molar-refractivity contribution in [3.63, 3.8) is 0 Å². The first kappa shape index (κ1) is 15.8. The van der Waals surface area contributed by atoms with Crippen LogP contribution in [0.1, 0.15) is 42.6 Å². The first-order valence-electron chi connectivity index (χ1n) is 6.91. The van der Waals surface area contributed by atoms with E-state index in [0.717, 1.165) is 5.56 Å². The lowest BCUT2D eigenvalue weighted by Crippen LogP contribution is -2.19. The number of nitrogens with one attached hydrogen (secondary N) is 2. The number of amides is 1. The van der Waals surface area contributed by atoms with E-state index in [-0.39, 0.29) is 17.4 Å². The van der Waals surface area contributed by atoms with Gasteiger partial charge >= 0.3 is 5.97 Å². The van der Waals surface area contributed by atoms with Crippen molar-refractivity contribution in [3.8, 4) is 0 Å². The molecule has 0 atom stereocenters. The van der Waals surface area contributed by atoms with E-state index in [9.17, 15) is 14.4 Å². The Balaban J connectivity index is 2.78. The van der Waals surface area contributed by atoms with Crippen LogP contribution in [0.4, 0.5) is 5.69 Å². The molecule has 0 aliphatic carbocycles. The molecule has 0 saturated heterocycles. The molecule has 22 heavy (non-hydrogen) atoms. The fraction of sp³-hybridized carbons (Fsp3) is 0.312. The second kappa shape index (κ2) is 6.01. The Morgan fingerprint density at radius 2 is 1.95 bits per heavy atom. The van der Waals surface area contributed by atoms with Crippen molar-refractivity contribution in [2.75, 3.05) is 12.4 Å². The highest BCUT2D eigenvalue weighted by Crippen LogP contribution is 2.30. The van der Waals surface area contributed by atoms with Crippen LogP contribution in [0.25, 0.3) is 10.9 Å². The number of esters is 1. The van der Waals surface area contributed by atoms with Gasteiger partial charge in [0.05, 0.1) is 18.3 Å². The van der Waals surface area contributed by atoms with Crippen LogP contribution in [0.2, 0.25) is 0 Å². The first-order valence-corrected chi connectivity index (χ1v) is 6.91. The largest absolute Gasteiger partial charge is 0.465 e. The molecule has 0 spiro atoms. The Bertz CT molecular complexity index is 806. The Morgan fingerprint density at radius 1 is 1.27 bits per heavy atom. The van der Waals surface area contributed by atoms with Gasteiger partial charge in [0.1, 0.15) is 5.56 Å². The van der Waals surface area contributed by atoms with Crippen LogP contribution in [0.3, 0.4) is 0 Å². The topological polar surface area (TPSA) is 88.3 Å². The summed E-state index contributed by atoms with van der Waals surface area (Å²) >= 11 is 0. The lowest BCUT2D eigenvalue weighted by Gasteiger charge is -2.16. The number of carbonyl (C=O) groups excluding carboxylic acids is 2. The van der Waals surface area contributed by atoms with Crippen molar-refractivity contribution < 1.29 is 14.3 Å². The molecule has 2 aromatic rings. The summed E-state index contributed by atoms with van der Waals surface area (Å²) in [5, 5.41) is 3.41. The number of methoxy groups -OCH3 is 1. The third-order valence-electron chi connectivity index (χ3n) is 3.38. The maximum absolute atomic E-state index is 12.1. The van der Waals surface area contributed by atoms with E-state index in [1.807, 2.05) is 19.9 Å². The van der Waals surface area contributed by atoms with E-state index in [1.54, 1.807) is 6.07 Å². The van der Waals surface area contributed by atoms with E-state index in [4.69, 9.17) is 0 Å². The minimum atomic E-state index is -0.697. The van der Waals surface area contributed by atoms with Crippen molar-refractivity contribution in [3.05, 3.63) is 39.7 Å². The average Bonchev–Trinajstić information content (AvgIpc) is 2.45. The Morgan fingerprint density at radius 3 is 2.50 bits per heavy atom. The summed E-state index contributed by atoms with van der Waals surface area (Å²) in [5.41, 5.74) is 1.35. The van der Waals surface area contributed by atoms with E-state index in [2.05, 4.69) is 15.0 Å². The van der Waals surface area contributed by atoms with Crippen LogP contribution in [-0.2, 0) is 9.53 Å². The summed E-state index contributed by atoms with van der Waals surface area (Å²) < 4.78 is 4.59. The minimum absolute atomic E-state index is 0.0685. The number of hydrogen-bond donors (Lipinski definition) is 2. The highest BCUT2D eigenvalue weighted by Gasteiger charge is 2.17. The van der Waals surface area contributed by atoms with Crippen molar-refractivity contribution in [1.29, 1.82) is 0 Å². The quantitative estimate of drug-likeness (QED) is 0.852. The molecule has 1 heterocycles. The minimum Gasteiger partial charge on any atom is -0.465 e. The molecule has 0 unspecified atom stereocenters. The lowest BCUT2D eigenvalue weighted by atomic mass is 9.98. The fourth-order valence-electron chi connectivity index (χ4n) is 2.35. The summed E-state index contributed by atoms with van der Waals surface area (Å²) in [6.45, 7) is 5.39. The first-order chi connectivity index (χ1) is 10.3. The molecule has 0 saturated carbocycles. The fourth-order valence-corrected chi connectivity index (χ4v) is 2.35. The number of benzene rings is 1. The Kier molecular flexibility index (Phi) is 4.30. The van der Waals surface area contributed by atoms with Gasteiger partial charge in [0.2, 0.25) is 5.91 Å². The van der Waals surface area contributed by atoms with Gasteiger partial charge in [0.25, 0.3) is 5.56 Å². The summed E-state index contributed by atoms with van der Waals surface area (Å²) in [7, 11) is 1.22. The number of rotatable bonds is 3. The highest BCUT2D eigenvalue weighted by atomic mass is 16.5. The zero-order valence-electron chi connectivity index (χ0n) is 12.9. The van der Waals surface area contributed by atoms with Crippen LogP contribution >= 0.6 is 0 Å². The average molecular weight is 302 g/mol. The molecule has 116 valence electrons. The van der Waals surface area contributed by atoms with Crippen molar-refractivity contribution >= 4 is 28.5 Å². The van der Waals surface area contributed by atoms with E-state index in [0.29, 0.717) is 16.6 Å². The smallest absolute Gasteiger partial charge is 0.343 e. The van der Waals surface area contributed by atoms with Gasteiger partial charge in [0.15, 0.2) is 0 Å². The lowest BCUT2D eigenvalue weighted by molar-refractivity contribution is -0.114. The molecule has 1 aromatic heterocycles. The van der Waals surface area contributed by atoms with Gasteiger partial charge in [-0.05, 0) is 17.5 Å². The predicted octanol–water partition coefficient (Wildman–Crippen LogP) is 2.40. The summed E-state index contributed by atoms with van der Waals surface area (Å²) in [5.74, 6) is -0.764. The maximum Gasteiger partial charge on any atom is 0.343 e. The number of pyridine rings is 1. The summed E-state index contributed by atoms with van der Waals surface area (Å²) in [6, 6.07) is 5.14. The Hall–Kier alpha value is -2.63. The molecular formula is C16H18N2O4. The molecule has 2 N–H and O–H groups in total. The maximum atomic E-state index is 12.1. The van der Waals surface area contributed by atoms with E-state index < -0.39 is 11.5 Å². The molecule has 1 amide bonds. The van der Waals surface area contributed by atoms with Gasteiger partial charge in [-0.2, -0.15) is 0 Å². The normalized spacial score (nSPS) is 10.8. The number of fused-ring (bicyclic) bond motifs is 1. The molecule has 6 heteroatoms. The number of aromatic amines is 1. The van der Waals surface area contributed by atoms with Crippen LogP contribution < -0.4 is 10.9 Å². The van der Waals surface area contributed by atoms with Gasteiger partial charge in [0, 0.05) is 12.3 Å². The summed E-state index contributed by atoms with van der Waals surface area (Å²) in [6.07, 6.45) is 0. The number of ether oxygens (including phenoxy) is 1. The molecule has 0 bridgehead atoms. The number of hydrogen-bond acceptors (Lipinski definition) is 4. The van der Waals surface area contributed by atoms with Crippen molar-refractivity contribution in [2.24, 2.45) is 0 Å². The molecule has 0 fully saturated rings. The monoisotopic (exact) mass is 302 g/mol. The molecule has 0 radical (unpaired) electrons. The second-order valence-corrected chi connectivity index (χ2v) is 5.33. The van der Waals surface area contributed by atoms with Crippen LogP contribution in [-0.4, -0.2) is 24.0 Å². The zero-order valence-corrected chi connectivity index (χ0v) is 12.9. The molecule has 0 aliphatic heterocycles. The van der Waals surface area contributed by atoms with E-state index >= 15 is 0 Å². The third-order valence-corrected chi connectivity index (χ3v) is 3.38. The molecule has 6 nitrogen and oxygen atoms in total. The van der Waals surface area contributed by atoms with Crippen LogP contribution in [0.5, 0.6) is 0 Å². The van der Waals surface area contributed by atoms with Gasteiger partial charge in [-0.15, -0.1) is 0 Å². The summed E-state index contributed by atoms with van der Waals surface area (Å²) in [4.78, 5) is 37.8. The zero-order chi connectivity index (χ0) is 16.4. The molecule has 2 rings (SSSR count). The van der Waals surface area contributed by atoms with Crippen molar-refractivity contribution in [1.82, 2.24) is 4.98 Å². The number of carbonyl (C=O) groups is 2. The Labute approximate surface area is 127 Å². The second-order valence-electron chi connectivity index (χ2n) is 5.33. The standard InChI is InChI=1S/C16H18N2O4/c1-8(2)11-6-5-10-7-12(16(21)22-4)15(20)18-13(10)14(11)17-9(3)19/h5-8H,1-4H3,(H,17,19)(H,18,20). The van der Waals surface area contributed by atoms with Crippen molar-refractivity contribution in [2.45, 2.75) is 26.7 Å². The van der Waals surface area contributed by atoms with Crippen LogP contribution in [0, 0.1) is 0 Å². The molecule has 0 aliphatic rings. The number of aromatic nitrogens is 1. The molecule has 1 aromatic carbocycles. The molecular weight excluding hydrogens is 284 g/mol. The SMILES string of the molecule is COC(=O)c1cc2ccc(C(C)C)c(NC(C)=O)c2[nH]c1=O. The predicted molar refractivity (Wildman–Crippen MR) is 84.3 cm³/mol. The van der Waals surface area contributed by atoms with Gasteiger partial charge in [-0.25, -0.2) is 4.79 Å². The third kappa shape index (κ3) is 2.86. The number of anilines is 1. The van der Waals surface area contributed by atoms with Gasteiger partial charge < -0.3 is 15.0 Å². The van der Waals surface area contributed by atoms with Gasteiger partial charge in [-0.1, -0.05) is 26.0 Å². The number of H-pyrrole nitrogens is 1. The highest BCUT2D eigenvalue weighted by molar-refractivity contribution is 6.03. The van der Waals surface area contributed by atoms with Crippen LogP contribution in [0.15, 0.2) is 23.0 Å².